The zero-order valence-electron chi connectivity index (χ0n) is 11.1. The number of nitrogens with zero attached hydrogens (tertiary/aromatic N) is 2. The van der Waals surface area contributed by atoms with Crippen molar-refractivity contribution in [3.8, 4) is 0 Å². The van der Waals surface area contributed by atoms with Crippen LogP contribution in [-0.2, 0) is 14.6 Å². The van der Waals surface area contributed by atoms with Crippen molar-refractivity contribution in [2.24, 2.45) is 5.73 Å². The van der Waals surface area contributed by atoms with Crippen molar-refractivity contribution in [1.29, 1.82) is 0 Å². The zero-order valence-corrected chi connectivity index (χ0v) is 11.9. The van der Waals surface area contributed by atoms with Crippen molar-refractivity contribution in [2.45, 2.75) is 19.4 Å². The third-order valence-corrected chi connectivity index (χ3v) is 5.06. The lowest BCUT2D eigenvalue weighted by atomic mass is 10.3. The quantitative estimate of drug-likeness (QED) is 0.690. The van der Waals surface area contributed by atoms with Gasteiger partial charge in [0, 0.05) is 26.2 Å². The van der Waals surface area contributed by atoms with Crippen molar-refractivity contribution in [3.63, 3.8) is 0 Å². The molecule has 1 aliphatic rings. The third-order valence-electron chi connectivity index (χ3n) is 3.27. The Hall–Kier alpha value is -0.660. The van der Waals surface area contributed by atoms with Crippen LogP contribution in [0.25, 0.3) is 0 Å². The molecule has 0 saturated carbocycles. The summed E-state index contributed by atoms with van der Waals surface area (Å²) >= 11 is 0. The van der Waals surface area contributed by atoms with Gasteiger partial charge in [-0.3, -0.25) is 9.69 Å². The summed E-state index contributed by atoms with van der Waals surface area (Å²) < 4.78 is 22.9. The molecule has 0 spiro atoms. The maximum atomic E-state index is 11.9. The molecule has 1 saturated heterocycles. The van der Waals surface area contributed by atoms with E-state index >= 15 is 0 Å². The molecule has 1 amide bonds. The number of likely N-dealkylation sites (N-methyl/N-ethyl adjacent to an activating group) is 1. The fourth-order valence-corrected chi connectivity index (χ4v) is 3.64. The predicted molar refractivity (Wildman–Crippen MR) is 71.0 cm³/mol. The molecule has 1 heterocycles. The van der Waals surface area contributed by atoms with Crippen molar-refractivity contribution >= 4 is 15.7 Å². The molecule has 7 heteroatoms. The Kier molecular flexibility index (Phi) is 5.55. The second kappa shape index (κ2) is 6.49. The van der Waals surface area contributed by atoms with Gasteiger partial charge < -0.3 is 10.6 Å². The number of nitrogens with two attached hydrogens (primary N) is 1. The third kappa shape index (κ3) is 4.55. The van der Waals surface area contributed by atoms with Gasteiger partial charge in [-0.1, -0.05) is 0 Å². The Morgan fingerprint density at radius 1 is 1.50 bits per heavy atom. The number of rotatable bonds is 5. The molecule has 18 heavy (non-hydrogen) atoms. The van der Waals surface area contributed by atoms with Gasteiger partial charge in [-0.05, 0) is 19.9 Å². The highest BCUT2D eigenvalue weighted by molar-refractivity contribution is 7.91. The summed E-state index contributed by atoms with van der Waals surface area (Å²) in [5.74, 6) is 0.318. The smallest absolute Gasteiger partial charge is 0.236 e. The fraction of sp³-hybridized carbons (Fsp3) is 0.909. The van der Waals surface area contributed by atoms with Gasteiger partial charge in [0.2, 0.25) is 5.91 Å². The molecule has 0 aromatic rings. The Labute approximate surface area is 109 Å². The van der Waals surface area contributed by atoms with Crippen molar-refractivity contribution < 1.29 is 13.2 Å². The first kappa shape index (κ1) is 15.4. The van der Waals surface area contributed by atoms with Gasteiger partial charge in [-0.15, -0.1) is 0 Å². The zero-order chi connectivity index (χ0) is 13.8. The van der Waals surface area contributed by atoms with E-state index in [1.807, 2.05) is 11.8 Å². The largest absolute Gasteiger partial charge is 0.345 e. The summed E-state index contributed by atoms with van der Waals surface area (Å²) in [5.41, 5.74) is 5.40. The van der Waals surface area contributed by atoms with E-state index in [9.17, 15) is 13.2 Å². The van der Waals surface area contributed by atoms with Crippen LogP contribution in [0.2, 0.25) is 0 Å². The van der Waals surface area contributed by atoms with Gasteiger partial charge >= 0.3 is 0 Å². The van der Waals surface area contributed by atoms with Gasteiger partial charge in [0.15, 0.2) is 9.84 Å². The van der Waals surface area contributed by atoms with Crippen LogP contribution in [0.4, 0.5) is 0 Å². The second-order valence-electron chi connectivity index (χ2n) is 4.89. The summed E-state index contributed by atoms with van der Waals surface area (Å²) in [5, 5.41) is 0. The van der Waals surface area contributed by atoms with Crippen LogP contribution in [-0.4, -0.2) is 74.9 Å². The normalized spacial score (nSPS) is 23.8. The molecule has 1 rings (SSSR count). The van der Waals surface area contributed by atoms with Crippen LogP contribution in [0, 0.1) is 0 Å². The van der Waals surface area contributed by atoms with Crippen LogP contribution in [0.15, 0.2) is 0 Å². The maximum Gasteiger partial charge on any atom is 0.236 e. The highest BCUT2D eigenvalue weighted by Gasteiger charge is 2.29. The molecule has 6 nitrogen and oxygen atoms in total. The van der Waals surface area contributed by atoms with E-state index in [0.717, 1.165) is 6.42 Å². The first-order chi connectivity index (χ1) is 8.35. The van der Waals surface area contributed by atoms with Gasteiger partial charge in [-0.25, -0.2) is 8.42 Å². The molecule has 2 N–H and O–H groups in total. The molecule has 1 aliphatic heterocycles. The molecule has 0 bridgehead atoms. The van der Waals surface area contributed by atoms with E-state index in [2.05, 4.69) is 0 Å². The molecule has 1 unspecified atom stereocenters. The van der Waals surface area contributed by atoms with Gasteiger partial charge in [0.05, 0.1) is 18.1 Å². The molecule has 1 fully saturated rings. The van der Waals surface area contributed by atoms with Crippen LogP contribution >= 0.6 is 0 Å². The molecule has 0 aromatic carbocycles. The SMILES string of the molecule is CC1CS(=O)(=O)CCN1CC(=O)N(C)CCCN. The van der Waals surface area contributed by atoms with Gasteiger partial charge in [-0.2, -0.15) is 0 Å². The van der Waals surface area contributed by atoms with Crippen molar-refractivity contribution in [2.75, 3.05) is 44.7 Å². The molecule has 0 radical (unpaired) electrons. The van der Waals surface area contributed by atoms with E-state index in [4.69, 9.17) is 5.73 Å². The molecule has 0 aliphatic carbocycles. The minimum atomic E-state index is -2.92. The Morgan fingerprint density at radius 2 is 2.17 bits per heavy atom. The monoisotopic (exact) mass is 277 g/mol. The van der Waals surface area contributed by atoms with Gasteiger partial charge in [0.1, 0.15) is 0 Å². The molecular formula is C11H23N3O3S. The minimum absolute atomic E-state index is 0.0228. The Morgan fingerprint density at radius 3 is 2.72 bits per heavy atom. The molecule has 0 aromatic heterocycles. The summed E-state index contributed by atoms with van der Waals surface area (Å²) in [6, 6.07) is -0.0874. The average molecular weight is 277 g/mol. The molecule has 106 valence electrons. The lowest BCUT2D eigenvalue weighted by Gasteiger charge is -2.33. The second-order valence-corrected chi connectivity index (χ2v) is 7.12. The van der Waals surface area contributed by atoms with Crippen LogP contribution in [0.3, 0.4) is 0 Å². The Balaban J connectivity index is 2.45. The Bertz CT molecular complexity index is 383. The summed E-state index contributed by atoms with van der Waals surface area (Å²) in [4.78, 5) is 15.5. The topological polar surface area (TPSA) is 83.7 Å². The van der Waals surface area contributed by atoms with E-state index in [1.165, 1.54) is 0 Å². The molecule has 1 atom stereocenters. The highest BCUT2D eigenvalue weighted by atomic mass is 32.2. The summed E-state index contributed by atoms with van der Waals surface area (Å²) in [6.45, 7) is 3.80. The van der Waals surface area contributed by atoms with Crippen molar-refractivity contribution in [1.82, 2.24) is 9.80 Å². The number of hydrogen-bond acceptors (Lipinski definition) is 5. The van der Waals surface area contributed by atoms with Crippen LogP contribution < -0.4 is 5.73 Å². The number of hydrogen-bond donors (Lipinski definition) is 1. The maximum absolute atomic E-state index is 11.9. The van der Waals surface area contributed by atoms with E-state index in [-0.39, 0.29) is 30.0 Å². The van der Waals surface area contributed by atoms with Crippen LogP contribution in [0.5, 0.6) is 0 Å². The summed E-state index contributed by atoms with van der Waals surface area (Å²) in [6.07, 6.45) is 0.784. The standard InChI is InChI=1S/C11H23N3O3S/c1-10-9-18(16,17)7-6-14(10)8-11(15)13(2)5-3-4-12/h10H,3-9,12H2,1-2H3. The average Bonchev–Trinajstić information content (AvgIpc) is 2.28. The lowest BCUT2D eigenvalue weighted by molar-refractivity contribution is -0.131. The number of carbonyl (C=O) groups excluding carboxylic acids is 1. The number of carbonyl (C=O) groups is 1. The lowest BCUT2D eigenvalue weighted by Crippen LogP contribution is -2.50. The fourth-order valence-electron chi connectivity index (χ4n) is 2.02. The van der Waals surface area contributed by atoms with E-state index < -0.39 is 9.84 Å². The highest BCUT2D eigenvalue weighted by Crippen LogP contribution is 2.11. The van der Waals surface area contributed by atoms with Gasteiger partial charge in [0.25, 0.3) is 0 Å². The molecular weight excluding hydrogens is 254 g/mol. The number of sulfone groups is 1. The van der Waals surface area contributed by atoms with Crippen molar-refractivity contribution in [3.05, 3.63) is 0 Å². The number of amides is 1. The van der Waals surface area contributed by atoms with E-state index in [0.29, 0.717) is 19.6 Å². The van der Waals surface area contributed by atoms with Crippen LogP contribution in [0.1, 0.15) is 13.3 Å². The first-order valence-corrected chi connectivity index (χ1v) is 8.06. The predicted octanol–water partition coefficient (Wildman–Crippen LogP) is -1.09. The minimum Gasteiger partial charge on any atom is -0.345 e. The summed E-state index contributed by atoms with van der Waals surface area (Å²) in [7, 11) is -1.16. The van der Waals surface area contributed by atoms with E-state index in [1.54, 1.807) is 11.9 Å². The first-order valence-electron chi connectivity index (χ1n) is 6.24.